The van der Waals surface area contributed by atoms with Gasteiger partial charge >= 0.3 is 0 Å². The van der Waals surface area contributed by atoms with Crippen molar-refractivity contribution in [3.05, 3.63) is 181 Å². The lowest BCUT2D eigenvalue weighted by atomic mass is 9.82. The maximum Gasteiger partial charge on any atom is 0.0541 e. The van der Waals surface area contributed by atoms with Crippen LogP contribution in [0.15, 0.2) is 170 Å². The van der Waals surface area contributed by atoms with Gasteiger partial charge in [0.25, 0.3) is 0 Å². The van der Waals surface area contributed by atoms with Gasteiger partial charge in [-0.3, -0.25) is 0 Å². The van der Waals surface area contributed by atoms with Crippen molar-refractivity contribution in [3.63, 3.8) is 0 Å². The van der Waals surface area contributed by atoms with E-state index < -0.39 is 0 Å². The van der Waals surface area contributed by atoms with Crippen LogP contribution < -0.4 is 4.90 Å². The predicted octanol–water partition coefficient (Wildman–Crippen LogP) is 12.2. The summed E-state index contributed by atoms with van der Waals surface area (Å²) < 4.78 is 2.38. The number of para-hydroxylation sites is 4. The van der Waals surface area contributed by atoms with Gasteiger partial charge in [-0.1, -0.05) is 129 Å². The summed E-state index contributed by atoms with van der Waals surface area (Å²) >= 11 is 0. The minimum Gasteiger partial charge on any atom is -0.310 e. The number of hydrogen-bond acceptors (Lipinski definition) is 1. The van der Waals surface area contributed by atoms with E-state index in [1.807, 2.05) is 0 Å². The molecule has 0 unspecified atom stereocenters. The van der Waals surface area contributed by atoms with E-state index in [1.165, 1.54) is 55.2 Å². The Bertz CT molecular complexity index is 2380. The number of benzene rings is 7. The second-order valence-corrected chi connectivity index (χ2v) is 13.0. The average molecular weight is 603 g/mol. The van der Waals surface area contributed by atoms with Crippen LogP contribution in [0.5, 0.6) is 0 Å². The smallest absolute Gasteiger partial charge is 0.0541 e. The number of anilines is 3. The van der Waals surface area contributed by atoms with Gasteiger partial charge in [-0.05, 0) is 82.4 Å². The molecular formula is C45H34N2. The highest BCUT2D eigenvalue weighted by Gasteiger charge is 2.37. The first-order valence-corrected chi connectivity index (χ1v) is 16.4. The van der Waals surface area contributed by atoms with E-state index in [0.717, 1.165) is 22.7 Å². The fourth-order valence-electron chi connectivity index (χ4n) is 7.83. The zero-order valence-electron chi connectivity index (χ0n) is 26.6. The molecule has 0 saturated carbocycles. The molecular weight excluding hydrogens is 569 g/mol. The first-order valence-electron chi connectivity index (χ1n) is 16.4. The summed E-state index contributed by atoms with van der Waals surface area (Å²) in [6, 6.07) is 61.7. The summed E-state index contributed by atoms with van der Waals surface area (Å²) in [7, 11) is 0. The molecule has 1 aromatic heterocycles. The third-order valence-electron chi connectivity index (χ3n) is 10.0. The molecule has 0 atom stereocenters. The Morgan fingerprint density at radius 1 is 0.426 bits per heavy atom. The normalized spacial score (nSPS) is 13.1. The van der Waals surface area contributed by atoms with E-state index in [4.69, 9.17) is 0 Å². The number of rotatable bonds is 5. The van der Waals surface area contributed by atoms with Gasteiger partial charge in [0.15, 0.2) is 0 Å². The van der Waals surface area contributed by atoms with Crippen LogP contribution in [0.1, 0.15) is 25.0 Å². The molecule has 0 amide bonds. The van der Waals surface area contributed by atoms with Gasteiger partial charge in [0, 0.05) is 38.8 Å². The quantitative estimate of drug-likeness (QED) is 0.190. The van der Waals surface area contributed by atoms with Crippen molar-refractivity contribution in [2.45, 2.75) is 19.3 Å². The Hall–Kier alpha value is -5.86. The molecule has 0 radical (unpaired) electrons. The Balaban J connectivity index is 1.23. The molecule has 2 nitrogen and oxygen atoms in total. The largest absolute Gasteiger partial charge is 0.310 e. The van der Waals surface area contributed by atoms with Crippen molar-refractivity contribution in [2.75, 3.05) is 4.90 Å². The third-order valence-corrected chi connectivity index (χ3v) is 10.0. The number of nitrogens with zero attached hydrogens (tertiary/aromatic N) is 2. The second-order valence-electron chi connectivity index (χ2n) is 13.0. The first-order chi connectivity index (χ1) is 23.1. The standard InChI is InChI=1S/C45H34N2/c1-45(2)39-22-10-6-20-38(39)44-37(21-14-23-40(44)45)36-19-9-11-24-41(36)46(31-15-4-3-5-16-31)32-27-29-33(30-28-32)47-42-25-12-7-17-34(42)35-18-8-13-26-43(35)47/h3-30H,1-2H3. The Morgan fingerprint density at radius 3 is 1.68 bits per heavy atom. The maximum absolute atomic E-state index is 2.40. The Labute approximate surface area is 275 Å². The van der Waals surface area contributed by atoms with Crippen LogP contribution >= 0.6 is 0 Å². The van der Waals surface area contributed by atoms with Crippen LogP contribution in [0, 0.1) is 0 Å². The van der Waals surface area contributed by atoms with Crippen LogP contribution in [-0.4, -0.2) is 4.57 Å². The van der Waals surface area contributed by atoms with Gasteiger partial charge in [-0.2, -0.15) is 0 Å². The average Bonchev–Trinajstić information content (AvgIpc) is 3.58. The molecule has 0 fully saturated rings. The Morgan fingerprint density at radius 2 is 0.957 bits per heavy atom. The van der Waals surface area contributed by atoms with Crippen molar-refractivity contribution in [3.8, 4) is 27.9 Å². The summed E-state index contributed by atoms with van der Waals surface area (Å²) in [6.07, 6.45) is 0. The van der Waals surface area contributed by atoms with Crippen molar-refractivity contribution < 1.29 is 0 Å². The molecule has 8 aromatic rings. The molecule has 1 aliphatic carbocycles. The molecule has 1 aliphatic rings. The van der Waals surface area contributed by atoms with Gasteiger partial charge in [-0.25, -0.2) is 0 Å². The van der Waals surface area contributed by atoms with E-state index in [-0.39, 0.29) is 5.41 Å². The zero-order chi connectivity index (χ0) is 31.5. The first kappa shape index (κ1) is 27.5. The lowest BCUT2D eigenvalue weighted by Gasteiger charge is -2.29. The van der Waals surface area contributed by atoms with Crippen molar-refractivity contribution in [1.29, 1.82) is 0 Å². The summed E-state index contributed by atoms with van der Waals surface area (Å²) in [5.41, 5.74) is 14.8. The molecule has 0 bridgehead atoms. The lowest BCUT2D eigenvalue weighted by Crippen LogP contribution is -2.14. The van der Waals surface area contributed by atoms with Crippen molar-refractivity contribution in [1.82, 2.24) is 4.57 Å². The van der Waals surface area contributed by atoms with Gasteiger partial charge in [0.2, 0.25) is 0 Å². The zero-order valence-corrected chi connectivity index (χ0v) is 26.6. The number of fused-ring (bicyclic) bond motifs is 6. The van der Waals surface area contributed by atoms with Gasteiger partial charge < -0.3 is 9.47 Å². The number of hydrogen-bond donors (Lipinski definition) is 0. The van der Waals surface area contributed by atoms with Crippen LogP contribution in [-0.2, 0) is 5.41 Å². The molecule has 224 valence electrons. The fraction of sp³-hybridized carbons (Fsp3) is 0.0667. The molecule has 7 aromatic carbocycles. The molecule has 0 saturated heterocycles. The summed E-state index contributed by atoms with van der Waals surface area (Å²) in [5.74, 6) is 0. The van der Waals surface area contributed by atoms with E-state index in [9.17, 15) is 0 Å². The highest BCUT2D eigenvalue weighted by atomic mass is 15.1. The van der Waals surface area contributed by atoms with Gasteiger partial charge in [0.1, 0.15) is 0 Å². The minimum absolute atomic E-state index is 0.0569. The summed E-state index contributed by atoms with van der Waals surface area (Å²) in [4.78, 5) is 2.40. The van der Waals surface area contributed by atoms with E-state index in [0.29, 0.717) is 0 Å². The van der Waals surface area contributed by atoms with Crippen molar-refractivity contribution >= 4 is 38.9 Å². The molecule has 47 heavy (non-hydrogen) atoms. The van der Waals surface area contributed by atoms with Crippen LogP contribution in [0.2, 0.25) is 0 Å². The topological polar surface area (TPSA) is 8.17 Å². The van der Waals surface area contributed by atoms with E-state index in [1.54, 1.807) is 0 Å². The fourth-order valence-corrected chi connectivity index (χ4v) is 7.83. The molecule has 0 spiro atoms. The summed E-state index contributed by atoms with van der Waals surface area (Å²) in [5, 5.41) is 2.54. The monoisotopic (exact) mass is 602 g/mol. The van der Waals surface area contributed by atoms with Crippen LogP contribution in [0.4, 0.5) is 17.1 Å². The van der Waals surface area contributed by atoms with Gasteiger partial charge in [0.05, 0.1) is 16.7 Å². The summed E-state index contributed by atoms with van der Waals surface area (Å²) in [6.45, 7) is 4.70. The van der Waals surface area contributed by atoms with Gasteiger partial charge in [-0.15, -0.1) is 0 Å². The van der Waals surface area contributed by atoms with Crippen LogP contribution in [0.25, 0.3) is 49.7 Å². The molecule has 9 rings (SSSR count). The SMILES string of the molecule is CC1(C)c2ccccc2-c2c(-c3ccccc3N(c3ccccc3)c3ccc(-n4c5ccccc5c5ccccc54)cc3)cccc21. The minimum atomic E-state index is -0.0569. The molecule has 0 aliphatic heterocycles. The van der Waals surface area contributed by atoms with Crippen LogP contribution in [0.3, 0.4) is 0 Å². The number of aromatic nitrogens is 1. The molecule has 1 heterocycles. The highest BCUT2D eigenvalue weighted by Crippen LogP contribution is 2.53. The third kappa shape index (κ3) is 4.18. The second kappa shape index (κ2) is 10.6. The van der Waals surface area contributed by atoms with E-state index >= 15 is 0 Å². The lowest BCUT2D eigenvalue weighted by molar-refractivity contribution is 0.660. The maximum atomic E-state index is 2.40. The van der Waals surface area contributed by atoms with E-state index in [2.05, 4.69) is 193 Å². The van der Waals surface area contributed by atoms with Crippen molar-refractivity contribution in [2.24, 2.45) is 0 Å². The predicted molar refractivity (Wildman–Crippen MR) is 198 cm³/mol. The molecule has 0 N–H and O–H groups in total. The Kier molecular flexibility index (Phi) is 6.20. The molecule has 2 heteroatoms. The highest BCUT2D eigenvalue weighted by molar-refractivity contribution is 6.09.